The van der Waals surface area contributed by atoms with Crippen LogP contribution >= 0.6 is 0 Å². The number of carbonyl (C=O) groups is 3. The van der Waals surface area contributed by atoms with Gasteiger partial charge in [-0.3, -0.25) is 4.79 Å². The third-order valence-electron chi connectivity index (χ3n) is 6.24. The number of rotatable bonds is 2. The van der Waals surface area contributed by atoms with E-state index in [0.29, 0.717) is 18.8 Å². The Kier molecular flexibility index (Phi) is 5.65. The zero-order valence-corrected chi connectivity index (χ0v) is 18.7. The summed E-state index contributed by atoms with van der Waals surface area (Å²) in [5, 5.41) is 2.73. The first-order chi connectivity index (χ1) is 13.3. The van der Waals surface area contributed by atoms with Crippen LogP contribution in [0.2, 0.25) is 0 Å². The van der Waals surface area contributed by atoms with E-state index in [4.69, 9.17) is 9.47 Å². The molecule has 3 aliphatic rings. The lowest BCUT2D eigenvalue weighted by molar-refractivity contribution is -0.169. The van der Waals surface area contributed by atoms with E-state index in [1.807, 2.05) is 20.8 Å². The van der Waals surface area contributed by atoms with Gasteiger partial charge in [-0.1, -0.05) is 12.8 Å². The van der Waals surface area contributed by atoms with Crippen LogP contribution in [0.3, 0.4) is 0 Å². The molecule has 2 amide bonds. The van der Waals surface area contributed by atoms with Gasteiger partial charge in [-0.05, 0) is 79.6 Å². The molecule has 3 fully saturated rings. The van der Waals surface area contributed by atoms with Gasteiger partial charge in [-0.2, -0.15) is 0 Å². The van der Waals surface area contributed by atoms with E-state index in [1.54, 1.807) is 25.7 Å². The molecule has 1 saturated carbocycles. The van der Waals surface area contributed by atoms with Gasteiger partial charge in [0.1, 0.15) is 23.3 Å². The molecule has 7 heteroatoms. The number of amides is 2. The normalized spacial score (nSPS) is 32.3. The SMILES string of the molecule is CC(C)(C)OC(=O)N[C@@H]1CC[C@]23CCCC[C@H]2C[C@@H](C(=O)OC(C)(C)C)N3C1=O. The number of nitrogens with one attached hydrogen (secondary N) is 1. The lowest BCUT2D eigenvalue weighted by Crippen LogP contribution is -2.65. The fraction of sp³-hybridized carbons (Fsp3) is 0.864. The lowest BCUT2D eigenvalue weighted by atomic mass is 9.69. The summed E-state index contributed by atoms with van der Waals surface area (Å²) in [6, 6.07) is -1.24. The highest BCUT2D eigenvalue weighted by molar-refractivity contribution is 5.92. The van der Waals surface area contributed by atoms with Crippen LogP contribution in [0, 0.1) is 5.92 Å². The molecule has 1 spiro atoms. The molecule has 7 nitrogen and oxygen atoms in total. The maximum absolute atomic E-state index is 13.5. The first-order valence-corrected chi connectivity index (χ1v) is 10.9. The van der Waals surface area contributed by atoms with Gasteiger partial charge < -0.3 is 19.7 Å². The van der Waals surface area contributed by atoms with Crippen molar-refractivity contribution >= 4 is 18.0 Å². The Morgan fingerprint density at radius 1 is 1.00 bits per heavy atom. The Bertz CT molecular complexity index is 678. The molecule has 29 heavy (non-hydrogen) atoms. The van der Waals surface area contributed by atoms with E-state index in [2.05, 4.69) is 5.32 Å². The number of piperidine rings is 1. The molecule has 0 aromatic carbocycles. The van der Waals surface area contributed by atoms with Crippen molar-refractivity contribution in [2.75, 3.05) is 0 Å². The molecule has 1 aliphatic carbocycles. The third kappa shape index (κ3) is 4.53. The first kappa shape index (κ1) is 21.9. The molecule has 4 atom stereocenters. The number of hydrogen-bond donors (Lipinski definition) is 1. The van der Waals surface area contributed by atoms with Gasteiger partial charge in [0.15, 0.2) is 0 Å². The van der Waals surface area contributed by atoms with Crippen LogP contribution in [-0.4, -0.2) is 51.7 Å². The zero-order chi connectivity index (χ0) is 21.6. The van der Waals surface area contributed by atoms with Crippen LogP contribution in [0.25, 0.3) is 0 Å². The highest BCUT2D eigenvalue weighted by atomic mass is 16.6. The van der Waals surface area contributed by atoms with Crippen LogP contribution in [0.4, 0.5) is 4.79 Å². The predicted octanol–water partition coefficient (Wildman–Crippen LogP) is 3.55. The Morgan fingerprint density at radius 3 is 2.28 bits per heavy atom. The van der Waals surface area contributed by atoms with E-state index < -0.39 is 29.4 Å². The number of carbonyl (C=O) groups excluding carboxylic acids is 3. The fourth-order valence-electron chi connectivity index (χ4n) is 5.30. The van der Waals surface area contributed by atoms with E-state index >= 15 is 0 Å². The molecule has 2 aliphatic heterocycles. The monoisotopic (exact) mass is 408 g/mol. The summed E-state index contributed by atoms with van der Waals surface area (Å²) in [6.45, 7) is 10.9. The minimum Gasteiger partial charge on any atom is -0.458 e. The van der Waals surface area contributed by atoms with Gasteiger partial charge in [-0.25, -0.2) is 9.59 Å². The van der Waals surface area contributed by atoms with Crippen molar-refractivity contribution in [1.29, 1.82) is 0 Å². The predicted molar refractivity (Wildman–Crippen MR) is 108 cm³/mol. The van der Waals surface area contributed by atoms with Crippen LogP contribution in [0.5, 0.6) is 0 Å². The molecular formula is C22H36N2O5. The standard InChI is InChI=1S/C22H36N2O5/c1-20(2,3)28-18(26)16-13-14-9-7-8-11-22(14)12-10-15(17(25)24(16)22)23-19(27)29-21(4,5)6/h14-16H,7-13H2,1-6H3,(H,23,27)/t14-,15+,16-,22+/m0/s1. The van der Waals surface area contributed by atoms with Crippen molar-refractivity contribution in [3.8, 4) is 0 Å². The van der Waals surface area contributed by atoms with Crippen molar-refractivity contribution in [2.45, 2.75) is 115 Å². The van der Waals surface area contributed by atoms with Gasteiger partial charge in [0.2, 0.25) is 5.91 Å². The number of alkyl carbamates (subject to hydrolysis) is 1. The fourth-order valence-corrected chi connectivity index (χ4v) is 5.30. The summed E-state index contributed by atoms with van der Waals surface area (Å²) in [6.07, 6.45) is 5.57. The molecule has 0 bridgehead atoms. The first-order valence-electron chi connectivity index (χ1n) is 10.9. The third-order valence-corrected chi connectivity index (χ3v) is 6.24. The molecule has 3 rings (SSSR count). The number of hydrogen-bond acceptors (Lipinski definition) is 5. The van der Waals surface area contributed by atoms with E-state index in [1.165, 1.54) is 0 Å². The molecule has 2 heterocycles. The summed E-state index contributed by atoms with van der Waals surface area (Å²) in [5.74, 6) is -0.194. The molecule has 1 N–H and O–H groups in total. The van der Waals surface area contributed by atoms with Gasteiger partial charge in [0.05, 0.1) is 0 Å². The van der Waals surface area contributed by atoms with Crippen molar-refractivity contribution in [3.63, 3.8) is 0 Å². The second-order valence-electron chi connectivity index (χ2n) is 10.8. The van der Waals surface area contributed by atoms with E-state index in [-0.39, 0.29) is 17.4 Å². The summed E-state index contributed by atoms with van der Waals surface area (Å²) >= 11 is 0. The summed E-state index contributed by atoms with van der Waals surface area (Å²) in [4.78, 5) is 40.5. The van der Waals surface area contributed by atoms with Crippen molar-refractivity contribution in [2.24, 2.45) is 5.92 Å². The minimum atomic E-state index is -0.666. The van der Waals surface area contributed by atoms with Crippen LogP contribution in [0.1, 0.15) is 86.5 Å². The highest BCUT2D eigenvalue weighted by Gasteiger charge is 2.61. The van der Waals surface area contributed by atoms with Gasteiger partial charge in [-0.15, -0.1) is 0 Å². The van der Waals surface area contributed by atoms with Crippen LogP contribution in [0.15, 0.2) is 0 Å². The smallest absolute Gasteiger partial charge is 0.408 e. The Labute approximate surface area is 173 Å². The Morgan fingerprint density at radius 2 is 1.66 bits per heavy atom. The Balaban J connectivity index is 1.82. The largest absolute Gasteiger partial charge is 0.458 e. The van der Waals surface area contributed by atoms with Crippen molar-refractivity contribution in [1.82, 2.24) is 10.2 Å². The molecule has 164 valence electrons. The summed E-state index contributed by atoms with van der Waals surface area (Å²) < 4.78 is 11.0. The van der Waals surface area contributed by atoms with E-state index in [0.717, 1.165) is 32.1 Å². The molecule has 0 unspecified atom stereocenters. The number of nitrogens with zero attached hydrogens (tertiary/aromatic N) is 1. The highest BCUT2D eigenvalue weighted by Crippen LogP contribution is 2.53. The van der Waals surface area contributed by atoms with Crippen LogP contribution < -0.4 is 5.32 Å². The minimum absolute atomic E-state index is 0.178. The average molecular weight is 409 g/mol. The lowest BCUT2D eigenvalue weighted by Gasteiger charge is -2.51. The van der Waals surface area contributed by atoms with E-state index in [9.17, 15) is 14.4 Å². The summed E-state index contributed by atoms with van der Waals surface area (Å²) in [5.41, 5.74) is -1.52. The average Bonchev–Trinajstić information content (AvgIpc) is 2.90. The van der Waals surface area contributed by atoms with Gasteiger partial charge in [0, 0.05) is 5.54 Å². The van der Waals surface area contributed by atoms with Gasteiger partial charge in [0.25, 0.3) is 0 Å². The maximum atomic E-state index is 13.5. The number of esters is 1. The molecule has 2 saturated heterocycles. The number of ether oxygens (including phenoxy) is 2. The van der Waals surface area contributed by atoms with Gasteiger partial charge >= 0.3 is 12.1 Å². The Hall–Kier alpha value is -1.79. The topological polar surface area (TPSA) is 84.9 Å². The molecule has 0 radical (unpaired) electrons. The zero-order valence-electron chi connectivity index (χ0n) is 18.7. The summed E-state index contributed by atoms with van der Waals surface area (Å²) in [7, 11) is 0. The molecule has 0 aromatic heterocycles. The quantitative estimate of drug-likeness (QED) is 0.707. The second kappa shape index (κ2) is 7.47. The van der Waals surface area contributed by atoms with Crippen molar-refractivity contribution < 1.29 is 23.9 Å². The van der Waals surface area contributed by atoms with Crippen molar-refractivity contribution in [3.05, 3.63) is 0 Å². The van der Waals surface area contributed by atoms with Crippen LogP contribution in [-0.2, 0) is 19.1 Å². The molecular weight excluding hydrogens is 372 g/mol. The second-order valence-corrected chi connectivity index (χ2v) is 10.8. The maximum Gasteiger partial charge on any atom is 0.408 e. The molecule has 0 aromatic rings.